The van der Waals surface area contributed by atoms with Crippen LogP contribution < -0.4 is 0 Å². The first-order chi connectivity index (χ1) is 9.91. The lowest BCUT2D eigenvalue weighted by molar-refractivity contribution is -0.143. The topological polar surface area (TPSA) is 63.7 Å². The van der Waals surface area contributed by atoms with Crippen LogP contribution >= 0.6 is 11.6 Å². The monoisotopic (exact) mass is 333 g/mol. The van der Waals surface area contributed by atoms with Gasteiger partial charge in [0, 0.05) is 19.5 Å². The summed E-state index contributed by atoms with van der Waals surface area (Å²) in [5, 5.41) is 0. The molecule has 1 rings (SSSR count). The summed E-state index contributed by atoms with van der Waals surface area (Å²) in [5.41, 5.74) is 0.984. The second-order valence-corrected chi connectivity index (χ2v) is 6.89. The zero-order chi connectivity index (χ0) is 15.9. The highest BCUT2D eigenvalue weighted by Crippen LogP contribution is 2.16. The van der Waals surface area contributed by atoms with E-state index in [0.717, 1.165) is 9.87 Å². The molecule has 21 heavy (non-hydrogen) atoms. The lowest BCUT2D eigenvalue weighted by Crippen LogP contribution is -2.29. The fourth-order valence-electron chi connectivity index (χ4n) is 1.72. The van der Waals surface area contributed by atoms with Crippen molar-refractivity contribution in [1.29, 1.82) is 0 Å². The summed E-state index contributed by atoms with van der Waals surface area (Å²) in [6, 6.07) is 6.60. The van der Waals surface area contributed by atoms with E-state index in [4.69, 9.17) is 16.3 Å². The van der Waals surface area contributed by atoms with Crippen LogP contribution in [0, 0.1) is 0 Å². The van der Waals surface area contributed by atoms with Crippen molar-refractivity contribution < 1.29 is 17.9 Å². The number of rotatable bonds is 8. The van der Waals surface area contributed by atoms with Gasteiger partial charge in [0.25, 0.3) is 0 Å². The van der Waals surface area contributed by atoms with Crippen LogP contribution in [0.2, 0.25) is 0 Å². The normalized spacial score (nSPS) is 11.6. The molecular formula is C14H20ClNO4S. The Morgan fingerprint density at radius 2 is 1.90 bits per heavy atom. The Balaban J connectivity index is 2.72. The molecule has 0 aliphatic rings. The molecule has 0 N–H and O–H groups in total. The first-order valence-electron chi connectivity index (χ1n) is 6.68. The second-order valence-electron chi connectivity index (χ2n) is 4.46. The molecule has 0 bridgehead atoms. The van der Waals surface area contributed by atoms with Crippen LogP contribution in [-0.2, 0) is 26.0 Å². The molecule has 0 saturated heterocycles. The molecule has 0 heterocycles. The van der Waals surface area contributed by atoms with Crippen LogP contribution in [-0.4, -0.2) is 44.8 Å². The van der Waals surface area contributed by atoms with Gasteiger partial charge in [0.1, 0.15) is 0 Å². The van der Waals surface area contributed by atoms with Gasteiger partial charge in [-0.25, -0.2) is 12.7 Å². The molecule has 0 aromatic heterocycles. The van der Waals surface area contributed by atoms with E-state index in [-0.39, 0.29) is 24.5 Å². The Kier molecular flexibility index (Phi) is 7.14. The van der Waals surface area contributed by atoms with Gasteiger partial charge in [0.2, 0.25) is 10.0 Å². The standard InChI is InChI=1S/C14H20ClNO4S/c1-3-20-14(17)9-11-16(2)21(18,19)13-6-4-12(5-7-13)8-10-15/h4-7H,3,8-11H2,1-2H3. The molecule has 0 radical (unpaired) electrons. The van der Waals surface area contributed by atoms with Crippen molar-refractivity contribution in [1.82, 2.24) is 4.31 Å². The van der Waals surface area contributed by atoms with Crippen molar-refractivity contribution in [3.63, 3.8) is 0 Å². The predicted molar refractivity (Wildman–Crippen MR) is 81.9 cm³/mol. The molecule has 0 unspecified atom stereocenters. The van der Waals surface area contributed by atoms with Gasteiger partial charge < -0.3 is 4.74 Å². The molecular weight excluding hydrogens is 314 g/mol. The minimum Gasteiger partial charge on any atom is -0.466 e. The number of halogens is 1. The smallest absolute Gasteiger partial charge is 0.307 e. The van der Waals surface area contributed by atoms with Crippen molar-refractivity contribution >= 4 is 27.6 Å². The molecule has 1 aromatic carbocycles. The van der Waals surface area contributed by atoms with Gasteiger partial charge in [-0.2, -0.15) is 0 Å². The molecule has 118 valence electrons. The molecule has 7 heteroatoms. The average Bonchev–Trinajstić information content (AvgIpc) is 2.46. The summed E-state index contributed by atoms with van der Waals surface area (Å²) < 4.78 is 30.6. The Morgan fingerprint density at radius 3 is 2.43 bits per heavy atom. The van der Waals surface area contributed by atoms with Crippen molar-refractivity contribution in [2.75, 3.05) is 26.1 Å². The lowest BCUT2D eigenvalue weighted by Gasteiger charge is -2.17. The third-order valence-electron chi connectivity index (χ3n) is 2.95. The van der Waals surface area contributed by atoms with Gasteiger partial charge in [-0.15, -0.1) is 11.6 Å². The minimum absolute atomic E-state index is 0.0356. The SMILES string of the molecule is CCOC(=O)CCN(C)S(=O)(=O)c1ccc(CCCl)cc1. The minimum atomic E-state index is -3.59. The number of carbonyl (C=O) groups excluding carboxylic acids is 1. The summed E-state index contributed by atoms with van der Waals surface area (Å²) in [5.74, 6) is 0.0861. The van der Waals surface area contributed by atoms with E-state index >= 15 is 0 Å². The van der Waals surface area contributed by atoms with Crippen molar-refractivity contribution in [3.8, 4) is 0 Å². The number of ether oxygens (including phenoxy) is 1. The number of hydrogen-bond acceptors (Lipinski definition) is 4. The van der Waals surface area contributed by atoms with E-state index in [1.165, 1.54) is 7.05 Å². The molecule has 0 atom stereocenters. The molecule has 0 saturated carbocycles. The Bertz CT molecular complexity index is 557. The van der Waals surface area contributed by atoms with Gasteiger partial charge in [-0.3, -0.25) is 4.79 Å². The third-order valence-corrected chi connectivity index (χ3v) is 5.01. The molecule has 0 aliphatic heterocycles. The number of nitrogens with zero attached hydrogens (tertiary/aromatic N) is 1. The van der Waals surface area contributed by atoms with Crippen LogP contribution in [0.15, 0.2) is 29.2 Å². The van der Waals surface area contributed by atoms with Gasteiger partial charge in [-0.1, -0.05) is 12.1 Å². The number of aryl methyl sites for hydroxylation is 1. The van der Waals surface area contributed by atoms with Crippen molar-refractivity contribution in [2.45, 2.75) is 24.7 Å². The summed E-state index contributed by atoms with van der Waals surface area (Å²) in [6.45, 7) is 2.09. The van der Waals surface area contributed by atoms with Crippen LogP contribution in [0.1, 0.15) is 18.9 Å². The maximum absolute atomic E-state index is 12.3. The van der Waals surface area contributed by atoms with Gasteiger partial charge >= 0.3 is 5.97 Å². The average molecular weight is 334 g/mol. The van der Waals surface area contributed by atoms with Crippen molar-refractivity contribution in [2.24, 2.45) is 0 Å². The van der Waals surface area contributed by atoms with E-state index in [1.807, 2.05) is 0 Å². The van der Waals surface area contributed by atoms with E-state index in [2.05, 4.69) is 0 Å². The quantitative estimate of drug-likeness (QED) is 0.539. The summed E-state index contributed by atoms with van der Waals surface area (Å²) >= 11 is 5.64. The number of benzene rings is 1. The van der Waals surface area contributed by atoms with Crippen LogP contribution in [0.3, 0.4) is 0 Å². The fraction of sp³-hybridized carbons (Fsp3) is 0.500. The highest BCUT2D eigenvalue weighted by atomic mass is 35.5. The maximum Gasteiger partial charge on any atom is 0.307 e. The zero-order valence-electron chi connectivity index (χ0n) is 12.2. The summed E-state index contributed by atoms with van der Waals surface area (Å²) in [6.07, 6.45) is 0.731. The highest BCUT2D eigenvalue weighted by molar-refractivity contribution is 7.89. The van der Waals surface area contributed by atoms with Gasteiger partial charge in [-0.05, 0) is 31.0 Å². The maximum atomic E-state index is 12.3. The van der Waals surface area contributed by atoms with E-state index in [1.54, 1.807) is 31.2 Å². The molecule has 0 spiro atoms. The van der Waals surface area contributed by atoms with E-state index in [9.17, 15) is 13.2 Å². The molecule has 5 nitrogen and oxygen atoms in total. The van der Waals surface area contributed by atoms with Crippen LogP contribution in [0.5, 0.6) is 0 Å². The largest absolute Gasteiger partial charge is 0.466 e. The molecule has 0 amide bonds. The summed E-state index contributed by atoms with van der Waals surface area (Å²) in [4.78, 5) is 11.5. The molecule has 0 fully saturated rings. The van der Waals surface area contributed by atoms with E-state index < -0.39 is 16.0 Å². The molecule has 1 aromatic rings. The Hall–Kier alpha value is -1.11. The van der Waals surface area contributed by atoms with E-state index in [0.29, 0.717) is 12.3 Å². The van der Waals surface area contributed by atoms with Crippen LogP contribution in [0.4, 0.5) is 0 Å². The van der Waals surface area contributed by atoms with Gasteiger partial charge in [0.15, 0.2) is 0 Å². The fourth-order valence-corrected chi connectivity index (χ4v) is 3.11. The Morgan fingerprint density at radius 1 is 1.29 bits per heavy atom. The van der Waals surface area contributed by atoms with Gasteiger partial charge in [0.05, 0.1) is 17.9 Å². The zero-order valence-corrected chi connectivity index (χ0v) is 13.8. The van der Waals surface area contributed by atoms with Crippen LogP contribution in [0.25, 0.3) is 0 Å². The number of carbonyl (C=O) groups is 1. The third kappa shape index (κ3) is 5.30. The first kappa shape index (κ1) is 17.9. The Labute approximate surface area is 130 Å². The second kappa shape index (κ2) is 8.36. The number of hydrogen-bond donors (Lipinski definition) is 0. The molecule has 0 aliphatic carbocycles. The lowest BCUT2D eigenvalue weighted by atomic mass is 10.2. The number of sulfonamides is 1. The highest BCUT2D eigenvalue weighted by Gasteiger charge is 2.21. The predicted octanol–water partition coefficient (Wildman–Crippen LogP) is 2.04. The van der Waals surface area contributed by atoms with Crippen molar-refractivity contribution in [3.05, 3.63) is 29.8 Å². The number of esters is 1. The number of alkyl halides is 1. The summed E-state index contributed by atoms with van der Waals surface area (Å²) in [7, 11) is -2.14. The first-order valence-corrected chi connectivity index (χ1v) is 8.66.